The standard InChI is InChI=1S/C27H28F4N4O3S/c1-26-10-7-19(26)22(18-14-32-21-13-20(28)33-35(21)24(18)26)15-3-5-16(6-4-15)23(27(29,30)31)34(2)25(36)17-8-11-39(37,38)12-9-17/h3-6,13-14,17,19,22-23H,7-12H2,1-2H3/t19-,22-,23+,26-/m1/s1. The number of aromatic nitrogens is 3. The Kier molecular flexibility index (Phi) is 5.87. The van der Waals surface area contributed by atoms with Crippen molar-refractivity contribution in [3.05, 3.63) is 64.9 Å². The van der Waals surface area contributed by atoms with Crippen molar-refractivity contribution >= 4 is 21.4 Å². The number of fused-ring (bicyclic) bond motifs is 5. The zero-order chi connectivity index (χ0) is 27.9. The molecule has 2 fully saturated rings. The number of hydrogen-bond donors (Lipinski definition) is 0. The molecule has 1 aromatic carbocycles. The maximum Gasteiger partial charge on any atom is 0.413 e. The van der Waals surface area contributed by atoms with Crippen molar-refractivity contribution in [1.82, 2.24) is 19.5 Å². The molecule has 6 rings (SSSR count). The van der Waals surface area contributed by atoms with Crippen LogP contribution in [0.2, 0.25) is 0 Å². The lowest BCUT2D eigenvalue weighted by molar-refractivity contribution is -0.190. The number of halogens is 4. The second-order valence-corrected chi connectivity index (χ2v) is 13.6. The fourth-order valence-corrected chi connectivity index (χ4v) is 8.48. The van der Waals surface area contributed by atoms with E-state index in [1.54, 1.807) is 22.8 Å². The van der Waals surface area contributed by atoms with Gasteiger partial charge in [0.05, 0.1) is 17.2 Å². The molecule has 3 heterocycles. The summed E-state index contributed by atoms with van der Waals surface area (Å²) in [7, 11) is -2.12. The number of rotatable bonds is 4. The molecule has 2 aromatic heterocycles. The maximum absolute atomic E-state index is 14.3. The molecular weight excluding hydrogens is 536 g/mol. The number of nitrogens with zero attached hydrogens (tertiary/aromatic N) is 4. The third-order valence-corrected chi connectivity index (χ3v) is 10.8. The predicted octanol–water partition coefficient (Wildman–Crippen LogP) is 4.57. The molecule has 208 valence electrons. The van der Waals surface area contributed by atoms with E-state index in [9.17, 15) is 30.8 Å². The smallest absolute Gasteiger partial charge is 0.330 e. The molecule has 0 spiro atoms. The zero-order valence-corrected chi connectivity index (χ0v) is 22.3. The molecule has 0 N–H and O–H groups in total. The Bertz CT molecular complexity index is 1560. The lowest BCUT2D eigenvalue weighted by Crippen LogP contribution is -2.44. The number of hydrogen-bond acceptors (Lipinski definition) is 5. The summed E-state index contributed by atoms with van der Waals surface area (Å²) in [6.45, 7) is 2.12. The average Bonchev–Trinajstić information content (AvgIpc) is 3.31. The van der Waals surface area contributed by atoms with Crippen LogP contribution in [0.25, 0.3) is 5.65 Å². The van der Waals surface area contributed by atoms with E-state index in [-0.39, 0.29) is 47.2 Å². The molecule has 1 amide bonds. The molecule has 3 aromatic rings. The largest absolute Gasteiger partial charge is 0.413 e. The molecule has 12 heteroatoms. The number of sulfone groups is 1. The van der Waals surface area contributed by atoms with Gasteiger partial charge in [0.2, 0.25) is 11.9 Å². The molecule has 1 saturated heterocycles. The molecule has 1 saturated carbocycles. The van der Waals surface area contributed by atoms with Gasteiger partial charge in [-0.1, -0.05) is 31.2 Å². The molecular formula is C27H28F4N4O3S. The van der Waals surface area contributed by atoms with Gasteiger partial charge in [-0.15, -0.1) is 5.10 Å². The molecule has 2 aliphatic carbocycles. The van der Waals surface area contributed by atoms with Crippen LogP contribution in [0.3, 0.4) is 0 Å². The highest BCUT2D eigenvalue weighted by Crippen LogP contribution is 2.63. The first kappa shape index (κ1) is 26.2. The highest BCUT2D eigenvalue weighted by Gasteiger charge is 2.57. The summed E-state index contributed by atoms with van der Waals surface area (Å²) < 4.78 is 81.8. The fraction of sp³-hybridized carbons (Fsp3) is 0.519. The molecule has 39 heavy (non-hydrogen) atoms. The van der Waals surface area contributed by atoms with E-state index in [2.05, 4.69) is 17.0 Å². The summed E-state index contributed by atoms with van der Waals surface area (Å²) in [5.41, 5.74) is 2.74. The van der Waals surface area contributed by atoms with Crippen molar-refractivity contribution in [1.29, 1.82) is 0 Å². The van der Waals surface area contributed by atoms with E-state index in [1.165, 1.54) is 18.2 Å². The summed E-state index contributed by atoms with van der Waals surface area (Å²) in [6.07, 6.45) is -1.13. The van der Waals surface area contributed by atoms with Crippen LogP contribution in [-0.2, 0) is 20.0 Å². The predicted molar refractivity (Wildman–Crippen MR) is 134 cm³/mol. The lowest BCUT2D eigenvalue weighted by atomic mass is 9.59. The second kappa shape index (κ2) is 8.74. The van der Waals surface area contributed by atoms with Gasteiger partial charge in [0.25, 0.3) is 0 Å². The Balaban J connectivity index is 1.31. The van der Waals surface area contributed by atoms with Gasteiger partial charge in [-0.3, -0.25) is 4.79 Å². The minimum absolute atomic E-state index is 0.0255. The summed E-state index contributed by atoms with van der Waals surface area (Å²) in [4.78, 5) is 18.1. The van der Waals surface area contributed by atoms with Crippen molar-refractivity contribution < 1.29 is 30.8 Å². The third-order valence-electron chi connectivity index (χ3n) is 9.11. The molecule has 0 unspecified atom stereocenters. The number of benzene rings is 1. The van der Waals surface area contributed by atoms with Crippen molar-refractivity contribution in [3.8, 4) is 0 Å². The van der Waals surface area contributed by atoms with Crippen LogP contribution in [0.15, 0.2) is 36.5 Å². The van der Waals surface area contributed by atoms with E-state index in [4.69, 9.17) is 0 Å². The van der Waals surface area contributed by atoms with Gasteiger partial charge in [-0.2, -0.15) is 17.6 Å². The highest BCUT2D eigenvalue weighted by atomic mass is 32.2. The van der Waals surface area contributed by atoms with E-state index < -0.39 is 39.8 Å². The van der Waals surface area contributed by atoms with Crippen LogP contribution in [0, 0.1) is 17.8 Å². The lowest BCUT2D eigenvalue weighted by Gasteiger charge is -2.44. The van der Waals surface area contributed by atoms with Crippen molar-refractivity contribution in [2.24, 2.45) is 11.8 Å². The van der Waals surface area contributed by atoms with Gasteiger partial charge in [-0.05, 0) is 42.7 Å². The normalized spacial score (nSPS) is 27.0. The first-order chi connectivity index (χ1) is 18.3. The Hall–Kier alpha value is -3.02. The topological polar surface area (TPSA) is 84.6 Å². The minimum Gasteiger partial charge on any atom is -0.330 e. The van der Waals surface area contributed by atoms with Gasteiger partial charge in [-0.25, -0.2) is 17.9 Å². The molecule has 7 nitrogen and oxygen atoms in total. The van der Waals surface area contributed by atoms with Crippen molar-refractivity contribution in [3.63, 3.8) is 0 Å². The van der Waals surface area contributed by atoms with Crippen molar-refractivity contribution in [2.45, 2.75) is 56.2 Å². The number of amides is 1. The summed E-state index contributed by atoms with van der Waals surface area (Å²) >= 11 is 0. The van der Waals surface area contributed by atoms with E-state index in [0.29, 0.717) is 10.5 Å². The molecule has 0 radical (unpaired) electrons. The molecule has 1 aliphatic heterocycles. The first-order valence-electron chi connectivity index (χ1n) is 13.0. The first-order valence-corrected chi connectivity index (χ1v) is 14.8. The fourth-order valence-electron chi connectivity index (χ4n) is 6.99. The Morgan fingerprint density at radius 2 is 1.82 bits per heavy atom. The van der Waals surface area contributed by atoms with E-state index >= 15 is 0 Å². The Labute approximate surface area is 223 Å². The van der Waals surface area contributed by atoms with Gasteiger partial charge in [0.1, 0.15) is 9.84 Å². The Morgan fingerprint density at radius 1 is 1.15 bits per heavy atom. The summed E-state index contributed by atoms with van der Waals surface area (Å²) in [5, 5.41) is 4.02. The van der Waals surface area contributed by atoms with Crippen LogP contribution in [-0.4, -0.2) is 58.6 Å². The van der Waals surface area contributed by atoms with Gasteiger partial charge >= 0.3 is 6.18 Å². The third kappa shape index (κ3) is 4.13. The summed E-state index contributed by atoms with van der Waals surface area (Å²) in [6, 6.07) is 5.29. The Morgan fingerprint density at radius 3 is 2.41 bits per heavy atom. The SMILES string of the molecule is CN(C(=O)C1CCS(=O)(=O)CC1)[C@@H](c1ccc([C@@H]2c3cnc4cc(F)nn4c3[C@]3(C)CC[C@H]23)cc1)C(F)(F)F. The van der Waals surface area contributed by atoms with Gasteiger partial charge < -0.3 is 4.90 Å². The monoisotopic (exact) mass is 564 g/mol. The molecule has 3 aliphatic rings. The number of carbonyl (C=O) groups is 1. The number of carbonyl (C=O) groups excluding carboxylic acids is 1. The van der Waals surface area contributed by atoms with Gasteiger partial charge in [0.15, 0.2) is 11.7 Å². The molecule has 0 bridgehead atoms. The van der Waals surface area contributed by atoms with Crippen LogP contribution in [0.1, 0.15) is 67.0 Å². The quantitative estimate of drug-likeness (QED) is 0.434. The highest BCUT2D eigenvalue weighted by molar-refractivity contribution is 7.91. The van der Waals surface area contributed by atoms with E-state index in [1.807, 2.05) is 0 Å². The van der Waals surface area contributed by atoms with Crippen LogP contribution < -0.4 is 0 Å². The van der Waals surface area contributed by atoms with E-state index in [0.717, 1.165) is 36.7 Å². The second-order valence-electron chi connectivity index (χ2n) is 11.3. The van der Waals surface area contributed by atoms with Crippen molar-refractivity contribution in [2.75, 3.05) is 18.6 Å². The van der Waals surface area contributed by atoms with Crippen LogP contribution in [0.4, 0.5) is 17.6 Å². The summed E-state index contributed by atoms with van der Waals surface area (Å²) in [5.74, 6) is -2.41. The number of alkyl halides is 3. The molecule has 4 atom stereocenters. The maximum atomic E-state index is 14.3. The zero-order valence-electron chi connectivity index (χ0n) is 21.4. The van der Waals surface area contributed by atoms with Crippen LogP contribution >= 0.6 is 0 Å². The minimum atomic E-state index is -4.72. The average molecular weight is 565 g/mol. The van der Waals surface area contributed by atoms with Crippen LogP contribution in [0.5, 0.6) is 0 Å². The van der Waals surface area contributed by atoms with Gasteiger partial charge in [0, 0.05) is 42.1 Å².